The van der Waals surface area contributed by atoms with Crippen LogP contribution in [0, 0.1) is 0 Å². The normalized spacial score (nSPS) is 10.7. The number of nitrogen functional groups attached to an aromatic ring is 2. The molecule has 3 heterocycles. The van der Waals surface area contributed by atoms with Crippen LogP contribution in [0.25, 0.3) is 55.6 Å². The van der Waals surface area contributed by atoms with Gasteiger partial charge in [0.2, 0.25) is 11.6 Å². The molecule has 0 saturated heterocycles. The highest BCUT2D eigenvalue weighted by atomic mass is 79.9. The van der Waals surface area contributed by atoms with E-state index in [1.807, 2.05) is 48.5 Å². The number of rotatable bonds is 21. The summed E-state index contributed by atoms with van der Waals surface area (Å²) < 4.78 is 42.8. The Balaban J connectivity index is 0.000000207. The Hall–Kier alpha value is -4.25. The Morgan fingerprint density at radius 2 is 0.688 bits per heavy atom. The van der Waals surface area contributed by atoms with Gasteiger partial charge in [-0.3, -0.25) is 14.4 Å². The number of nitrogens with zero attached hydrogens (tertiary/aromatic N) is 6. The molecule has 0 amide bonds. The van der Waals surface area contributed by atoms with E-state index in [-0.39, 0.29) is 0 Å². The van der Waals surface area contributed by atoms with Crippen LogP contribution in [0.3, 0.4) is 0 Å². The average molecular weight is 1640 g/mol. The molecule has 0 aliphatic heterocycles. The molecule has 0 fully saturated rings. The maximum atomic E-state index is 12.4. The van der Waals surface area contributed by atoms with Gasteiger partial charge < -0.3 is 35.5 Å². The van der Waals surface area contributed by atoms with E-state index in [1.54, 1.807) is 48.5 Å². The predicted molar refractivity (Wildman–Crippen MR) is 349 cm³/mol. The number of ether oxygens (including phenoxy) is 4. The van der Waals surface area contributed by atoms with Gasteiger partial charge in [0.25, 0.3) is 5.97 Å². The highest BCUT2D eigenvalue weighted by Crippen LogP contribution is 2.42. The van der Waals surface area contributed by atoms with E-state index in [2.05, 4.69) is 145 Å². The SMILES string of the molecule is BrCCCOc1ccc(-c2nc3c(Br)c4nsnc4c(Br)c3nc2-c2ccc(OCCCBr)cc2)cc1.CC(=O)O.Nc1c(N)c(Br)c2nsnc2c1Br.O=C(C(=O)c1ccc(OCCCBr)cc1)c1ccc(OCCCBr)cc1. The first-order valence-electron chi connectivity index (χ1n) is 24.0. The van der Waals surface area contributed by atoms with Crippen LogP contribution in [-0.2, 0) is 4.79 Å². The van der Waals surface area contributed by atoms with Crippen LogP contribution < -0.4 is 30.4 Å². The Labute approximate surface area is 536 Å². The molecule has 0 spiro atoms. The van der Waals surface area contributed by atoms with E-state index in [0.29, 0.717) is 69.4 Å². The second-order valence-electron chi connectivity index (χ2n) is 16.5. The lowest BCUT2D eigenvalue weighted by molar-refractivity contribution is -0.134. The van der Waals surface area contributed by atoms with Crippen LogP contribution in [0.2, 0.25) is 0 Å². The van der Waals surface area contributed by atoms with Crippen molar-refractivity contribution in [3.63, 3.8) is 0 Å². The monoisotopic (exact) mass is 1630 g/mol. The van der Waals surface area contributed by atoms with Gasteiger partial charge in [0.1, 0.15) is 56.1 Å². The number of fused-ring (bicyclic) bond motifs is 3. The Kier molecular flexibility index (Phi) is 26.9. The van der Waals surface area contributed by atoms with Gasteiger partial charge in [-0.25, -0.2) is 9.97 Å². The molecule has 9 aromatic rings. The van der Waals surface area contributed by atoms with E-state index in [9.17, 15) is 9.59 Å². The minimum atomic E-state index is -0.833. The number of ketones is 2. The summed E-state index contributed by atoms with van der Waals surface area (Å²) in [5.41, 5.74) is 21.0. The number of Topliss-reactive ketones (excluding diaryl/α,β-unsaturated/α-hetero) is 2. The molecule has 3 aromatic heterocycles. The van der Waals surface area contributed by atoms with Crippen LogP contribution in [0.1, 0.15) is 53.3 Å². The fourth-order valence-corrected chi connectivity index (χ4v) is 11.5. The van der Waals surface area contributed by atoms with Crippen LogP contribution >= 0.6 is 151 Å². The number of benzene rings is 6. The van der Waals surface area contributed by atoms with Crippen molar-refractivity contribution in [2.45, 2.75) is 32.6 Å². The number of aliphatic carboxylic acids is 1. The molecule has 420 valence electrons. The number of halogens is 8. The molecule has 0 bridgehead atoms. The van der Waals surface area contributed by atoms with Gasteiger partial charge in [-0.15, -0.1) is 0 Å². The molecule has 0 aliphatic rings. The van der Waals surface area contributed by atoms with Crippen molar-refractivity contribution in [1.29, 1.82) is 0 Å². The molecule has 0 unspecified atom stereocenters. The van der Waals surface area contributed by atoms with Crippen molar-refractivity contribution >= 4 is 213 Å². The third-order valence-electron chi connectivity index (χ3n) is 10.8. The van der Waals surface area contributed by atoms with Crippen molar-refractivity contribution in [3.05, 3.63) is 126 Å². The number of alkyl halides is 4. The molecule has 0 saturated carbocycles. The van der Waals surface area contributed by atoms with E-state index in [4.69, 9.17) is 50.3 Å². The summed E-state index contributed by atoms with van der Waals surface area (Å²) >= 11 is 29.9. The smallest absolute Gasteiger partial charge is 0.300 e. The number of nitrogens with two attached hydrogens (primary N) is 2. The highest BCUT2D eigenvalue weighted by molar-refractivity contribution is 9.11. The van der Waals surface area contributed by atoms with Gasteiger partial charge in [-0.05, 0) is 186 Å². The van der Waals surface area contributed by atoms with Crippen LogP contribution in [0.15, 0.2) is 115 Å². The number of hydrogen-bond acceptors (Lipinski definition) is 17. The van der Waals surface area contributed by atoms with Crippen LogP contribution in [-0.4, -0.2) is 97.9 Å². The van der Waals surface area contributed by atoms with Gasteiger partial charge in [0, 0.05) is 50.5 Å². The minimum Gasteiger partial charge on any atom is -0.494 e. The predicted octanol–water partition coefficient (Wildman–Crippen LogP) is 16.4. The standard InChI is InChI=1S/C26H20Br4N4O2S.C20H20Br2O4.C6H4Br2N4S.C2H4O2/c27-11-1-13-35-17-7-3-15(4-8-17)21-22(16-5-9-18(10-6-16)36-14-2-12-28)32-24-20(30)26-25(33-37-34-26)19(29)23(24)31-21;21-11-1-13-25-17-7-3-15(4-8-17)19(23)20(24)16-5-9-18(10-6-16)26-14-2-12-22;7-1-3(9)4(10)2(8)6-5(1)11-13-12-6;1-2(3)4/h3-10H,1-2,11-14H2;3-10H,1-2,11-14H2;9-10H2;1H3,(H,3,4). The molecule has 0 aliphatic carbocycles. The first kappa shape index (κ1) is 64.9. The zero-order valence-corrected chi connectivity index (χ0v) is 56.5. The molecule has 6 aromatic carbocycles. The topological polar surface area (TPSA) is 238 Å². The summed E-state index contributed by atoms with van der Waals surface area (Å²) in [5, 5.41) is 11.0. The minimum absolute atomic E-state index is 0.348. The molecule has 9 rings (SSSR count). The van der Waals surface area contributed by atoms with Crippen molar-refractivity contribution in [2.24, 2.45) is 0 Å². The molecular formula is C54H48Br8N8O8S2. The lowest BCUT2D eigenvalue weighted by atomic mass is 10.0. The maximum absolute atomic E-state index is 12.4. The Bertz CT molecular complexity index is 3290. The average Bonchev–Trinajstić information content (AvgIpc) is 4.26. The number of carbonyl (C=O) groups excluding carboxylic acids is 2. The van der Waals surface area contributed by atoms with Crippen molar-refractivity contribution in [2.75, 3.05) is 59.2 Å². The quantitative estimate of drug-likeness (QED) is 0.0199. The molecule has 80 heavy (non-hydrogen) atoms. The molecular weight excluding hydrogens is 1590 g/mol. The molecule has 0 radical (unpaired) electrons. The van der Waals surface area contributed by atoms with E-state index < -0.39 is 17.5 Å². The summed E-state index contributed by atoms with van der Waals surface area (Å²) in [4.78, 5) is 44.0. The lowest BCUT2D eigenvalue weighted by Crippen LogP contribution is -2.14. The number of hydrogen-bond donors (Lipinski definition) is 3. The Morgan fingerprint density at radius 1 is 0.438 bits per heavy atom. The van der Waals surface area contributed by atoms with Gasteiger partial charge in [-0.1, -0.05) is 63.7 Å². The van der Waals surface area contributed by atoms with Gasteiger partial charge in [0.15, 0.2) is 0 Å². The second kappa shape index (κ2) is 33.1. The first-order chi connectivity index (χ1) is 38.6. The van der Waals surface area contributed by atoms with Gasteiger partial charge in [0.05, 0.1) is 90.5 Å². The maximum Gasteiger partial charge on any atom is 0.300 e. The number of carbonyl (C=O) groups is 3. The zero-order chi connectivity index (χ0) is 57.7. The van der Waals surface area contributed by atoms with E-state index in [1.165, 1.54) is 0 Å². The molecule has 26 heteroatoms. The van der Waals surface area contributed by atoms with Gasteiger partial charge in [-0.2, -0.15) is 17.5 Å². The number of carboxylic acid groups (broad SMARTS) is 1. The number of carboxylic acids is 1. The summed E-state index contributed by atoms with van der Waals surface area (Å²) in [6.45, 7) is 3.60. The van der Waals surface area contributed by atoms with Crippen molar-refractivity contribution in [1.82, 2.24) is 27.5 Å². The van der Waals surface area contributed by atoms with Crippen molar-refractivity contribution < 1.29 is 38.4 Å². The summed E-state index contributed by atoms with van der Waals surface area (Å²) in [7, 11) is 0. The van der Waals surface area contributed by atoms with Gasteiger partial charge >= 0.3 is 0 Å². The summed E-state index contributed by atoms with van der Waals surface area (Å²) in [6, 6.07) is 29.2. The fourth-order valence-electron chi connectivity index (χ4n) is 6.88. The zero-order valence-electron chi connectivity index (χ0n) is 42.2. The van der Waals surface area contributed by atoms with E-state index in [0.717, 1.165) is 153 Å². The Morgan fingerprint density at radius 3 is 0.950 bits per heavy atom. The van der Waals surface area contributed by atoms with Crippen molar-refractivity contribution in [3.8, 4) is 45.5 Å². The summed E-state index contributed by atoms with van der Waals surface area (Å²) in [5.74, 6) is 1.10. The fraction of sp³-hybridized carbons (Fsp3) is 0.241. The lowest BCUT2D eigenvalue weighted by Gasteiger charge is -2.14. The molecule has 5 N–H and O–H groups in total. The molecule has 16 nitrogen and oxygen atoms in total. The largest absolute Gasteiger partial charge is 0.494 e. The van der Waals surface area contributed by atoms with E-state index >= 15 is 0 Å². The third kappa shape index (κ3) is 17.9. The summed E-state index contributed by atoms with van der Waals surface area (Å²) in [6.07, 6.45) is 3.69. The highest BCUT2D eigenvalue weighted by Gasteiger charge is 2.22. The van der Waals surface area contributed by atoms with Crippen LogP contribution in [0.4, 0.5) is 11.4 Å². The van der Waals surface area contributed by atoms with Crippen LogP contribution in [0.5, 0.6) is 23.0 Å². The number of anilines is 2. The third-order valence-corrected chi connectivity index (χ3v) is 17.2. The second-order valence-corrected chi connectivity index (χ2v) is 23.9. The first-order valence-corrected chi connectivity index (χ1v) is 33.1. The number of aromatic nitrogens is 6. The molecule has 0 atom stereocenters.